The third kappa shape index (κ3) is 1.65. The van der Waals surface area contributed by atoms with Crippen molar-refractivity contribution >= 4 is 27.9 Å². The van der Waals surface area contributed by atoms with Gasteiger partial charge in [0.25, 0.3) is 0 Å². The minimum Gasteiger partial charge on any atom is -0.369 e. The highest BCUT2D eigenvalue weighted by Gasteiger charge is 2.25. The van der Waals surface area contributed by atoms with Crippen LogP contribution in [0.2, 0.25) is 0 Å². The maximum Gasteiger partial charge on any atom is 0.202 e. The van der Waals surface area contributed by atoms with Gasteiger partial charge in [-0.3, -0.25) is 13.5 Å². The monoisotopic (exact) mass is 267 g/mol. The average Bonchev–Trinajstić information content (AvgIpc) is 2.79. The van der Waals surface area contributed by atoms with Crippen molar-refractivity contribution in [3.63, 3.8) is 0 Å². The third-order valence-electron chi connectivity index (χ3n) is 3.59. The zero-order valence-corrected chi connectivity index (χ0v) is 11.4. The van der Waals surface area contributed by atoms with Crippen molar-refractivity contribution in [2.45, 2.75) is 25.8 Å². The fraction of sp³-hybridized carbons (Fsp3) is 0.636. The number of aryl methyl sites for hydroxylation is 2. The van der Waals surface area contributed by atoms with E-state index in [2.05, 4.69) is 14.6 Å². The summed E-state index contributed by atoms with van der Waals surface area (Å²) in [5, 5.41) is 4.38. The van der Waals surface area contributed by atoms with Crippen LogP contribution < -0.4 is 5.73 Å². The molecule has 7 heteroatoms. The lowest BCUT2D eigenvalue weighted by Crippen LogP contribution is -2.23. The minimum absolute atomic E-state index is 0.294. The number of aromatic nitrogens is 4. The van der Waals surface area contributed by atoms with Crippen LogP contribution >= 0.6 is 0 Å². The van der Waals surface area contributed by atoms with Gasteiger partial charge >= 0.3 is 0 Å². The number of hydrogen-bond donors (Lipinski definition) is 1. The molecule has 0 spiro atoms. The Balaban J connectivity index is 2.10. The molecule has 2 aromatic heterocycles. The number of nitrogen functional groups attached to an aromatic ring is 1. The lowest BCUT2D eigenvalue weighted by atomic mass is 10.1. The molecule has 1 aliphatic heterocycles. The number of nitrogens with two attached hydrogens (primary N) is 1. The van der Waals surface area contributed by atoms with E-state index < -0.39 is 10.8 Å². The number of hydrogen-bond acceptors (Lipinski definition) is 4. The van der Waals surface area contributed by atoms with E-state index in [0.717, 1.165) is 41.2 Å². The first-order chi connectivity index (χ1) is 8.58. The van der Waals surface area contributed by atoms with E-state index in [1.807, 2.05) is 18.7 Å². The molecule has 0 saturated carbocycles. The maximum atomic E-state index is 11.4. The molecule has 0 atom stereocenters. The third-order valence-corrected chi connectivity index (χ3v) is 4.97. The summed E-state index contributed by atoms with van der Waals surface area (Å²) in [6.07, 6.45) is 1.79. The van der Waals surface area contributed by atoms with Crippen LogP contribution in [0.1, 0.15) is 24.6 Å². The topological polar surface area (TPSA) is 78.7 Å². The highest BCUT2D eigenvalue weighted by molar-refractivity contribution is 7.85. The van der Waals surface area contributed by atoms with Gasteiger partial charge in [-0.1, -0.05) is 0 Å². The number of imidazole rings is 1. The summed E-state index contributed by atoms with van der Waals surface area (Å²) < 4.78 is 15.3. The van der Waals surface area contributed by atoms with Crippen molar-refractivity contribution in [3.05, 3.63) is 5.69 Å². The van der Waals surface area contributed by atoms with Crippen LogP contribution in [0.25, 0.3) is 11.2 Å². The Morgan fingerprint density at radius 3 is 2.72 bits per heavy atom. The van der Waals surface area contributed by atoms with Gasteiger partial charge in [0.1, 0.15) is 5.52 Å². The first-order valence-electron chi connectivity index (χ1n) is 6.10. The van der Waals surface area contributed by atoms with Crippen molar-refractivity contribution in [2.24, 2.45) is 7.05 Å². The first-order valence-corrected chi connectivity index (χ1v) is 7.58. The Hall–Kier alpha value is -1.37. The SMILES string of the molecule is Cc1nn(C)c2c1nc(N)n2C1CCS(=O)CC1. The summed E-state index contributed by atoms with van der Waals surface area (Å²) in [6.45, 7) is 1.94. The standard InChI is InChI=1S/C11H17N5OS/c1-7-9-10(15(2)14-7)16(11(12)13-9)8-3-5-18(17)6-4-8/h8H,3-6H2,1-2H3,(H2,12,13). The minimum atomic E-state index is -0.660. The second-order valence-corrected chi connectivity index (χ2v) is 6.50. The summed E-state index contributed by atoms with van der Waals surface area (Å²) in [5.41, 5.74) is 8.79. The van der Waals surface area contributed by atoms with E-state index in [1.54, 1.807) is 0 Å². The molecular weight excluding hydrogens is 250 g/mol. The summed E-state index contributed by atoms with van der Waals surface area (Å²) >= 11 is 0. The Morgan fingerprint density at radius 1 is 1.39 bits per heavy atom. The largest absolute Gasteiger partial charge is 0.369 e. The van der Waals surface area contributed by atoms with Gasteiger partial charge in [0.15, 0.2) is 5.65 Å². The van der Waals surface area contributed by atoms with E-state index in [0.29, 0.717) is 12.0 Å². The fourth-order valence-corrected chi connectivity index (χ4v) is 3.99. The van der Waals surface area contributed by atoms with Gasteiger partial charge in [0, 0.05) is 35.4 Å². The zero-order valence-electron chi connectivity index (χ0n) is 10.6. The number of fused-ring (bicyclic) bond motifs is 1. The van der Waals surface area contributed by atoms with Gasteiger partial charge in [-0.25, -0.2) is 4.98 Å². The van der Waals surface area contributed by atoms with Gasteiger partial charge in [-0.05, 0) is 19.8 Å². The molecule has 18 heavy (non-hydrogen) atoms. The lowest BCUT2D eigenvalue weighted by molar-refractivity contribution is 0.470. The molecule has 2 N–H and O–H groups in total. The van der Waals surface area contributed by atoms with Crippen molar-refractivity contribution in [3.8, 4) is 0 Å². The second kappa shape index (κ2) is 4.08. The molecule has 1 fully saturated rings. The van der Waals surface area contributed by atoms with E-state index in [1.165, 1.54) is 0 Å². The van der Waals surface area contributed by atoms with E-state index in [4.69, 9.17) is 5.73 Å². The average molecular weight is 267 g/mol. The predicted octanol–water partition coefficient (Wildman–Crippen LogP) is 0.744. The molecule has 6 nitrogen and oxygen atoms in total. The predicted molar refractivity (Wildman–Crippen MR) is 71.8 cm³/mol. The molecule has 0 aliphatic carbocycles. The first kappa shape index (κ1) is 11.7. The highest BCUT2D eigenvalue weighted by Crippen LogP contribution is 2.30. The van der Waals surface area contributed by atoms with Gasteiger partial charge in [-0.2, -0.15) is 5.10 Å². The fourth-order valence-electron chi connectivity index (χ4n) is 2.71. The molecular formula is C11H17N5OS. The van der Waals surface area contributed by atoms with Crippen LogP contribution in [-0.4, -0.2) is 35.0 Å². The Bertz CT molecular complexity index is 619. The van der Waals surface area contributed by atoms with Crippen LogP contribution in [0, 0.1) is 6.92 Å². The summed E-state index contributed by atoms with van der Waals surface area (Å²) in [4.78, 5) is 4.41. The number of rotatable bonds is 1. The van der Waals surface area contributed by atoms with Gasteiger partial charge in [0.2, 0.25) is 5.95 Å². The van der Waals surface area contributed by atoms with Crippen LogP contribution in [0.4, 0.5) is 5.95 Å². The van der Waals surface area contributed by atoms with Gasteiger partial charge < -0.3 is 5.73 Å². The highest BCUT2D eigenvalue weighted by atomic mass is 32.2. The van der Waals surface area contributed by atoms with E-state index in [9.17, 15) is 4.21 Å². The molecule has 3 rings (SSSR count). The number of anilines is 1. The molecule has 98 valence electrons. The Morgan fingerprint density at radius 2 is 2.06 bits per heavy atom. The van der Waals surface area contributed by atoms with Crippen LogP contribution in [0.5, 0.6) is 0 Å². The molecule has 0 unspecified atom stereocenters. The summed E-state index contributed by atoms with van der Waals surface area (Å²) in [7, 11) is 1.25. The zero-order chi connectivity index (χ0) is 12.9. The van der Waals surface area contributed by atoms with Crippen molar-refractivity contribution in [1.82, 2.24) is 19.3 Å². The lowest BCUT2D eigenvalue weighted by Gasteiger charge is -2.24. The molecule has 0 radical (unpaired) electrons. The van der Waals surface area contributed by atoms with Crippen molar-refractivity contribution < 1.29 is 4.21 Å². The molecule has 0 bridgehead atoms. The Kier molecular flexibility index (Phi) is 2.65. The second-order valence-electron chi connectivity index (χ2n) is 4.80. The molecule has 3 heterocycles. The number of nitrogens with zero attached hydrogens (tertiary/aromatic N) is 4. The molecule has 1 saturated heterocycles. The summed E-state index contributed by atoms with van der Waals surface area (Å²) in [6, 6.07) is 0.294. The molecule has 0 amide bonds. The quantitative estimate of drug-likeness (QED) is 0.826. The van der Waals surface area contributed by atoms with E-state index in [-0.39, 0.29) is 0 Å². The Labute approximate surface area is 108 Å². The van der Waals surface area contributed by atoms with Crippen molar-refractivity contribution in [2.75, 3.05) is 17.2 Å². The molecule has 2 aromatic rings. The molecule has 1 aliphatic rings. The maximum absolute atomic E-state index is 11.4. The van der Waals surface area contributed by atoms with Crippen LogP contribution in [0.3, 0.4) is 0 Å². The van der Waals surface area contributed by atoms with Crippen molar-refractivity contribution in [1.29, 1.82) is 0 Å². The van der Waals surface area contributed by atoms with E-state index >= 15 is 0 Å². The smallest absolute Gasteiger partial charge is 0.202 e. The van der Waals surface area contributed by atoms with Crippen LogP contribution in [0.15, 0.2) is 0 Å². The van der Waals surface area contributed by atoms with Gasteiger partial charge in [-0.15, -0.1) is 0 Å². The normalized spacial score (nSPS) is 24.8. The summed E-state index contributed by atoms with van der Waals surface area (Å²) in [5.74, 6) is 2.04. The van der Waals surface area contributed by atoms with Gasteiger partial charge in [0.05, 0.1) is 5.69 Å². The molecule has 0 aromatic carbocycles. The van der Waals surface area contributed by atoms with Crippen LogP contribution in [-0.2, 0) is 17.8 Å².